The minimum absolute atomic E-state index is 0.0467. The third-order valence-electron chi connectivity index (χ3n) is 5.46. The Hall–Kier alpha value is -4.64. The lowest BCUT2D eigenvalue weighted by Crippen LogP contribution is -2.11. The minimum Gasteiger partial charge on any atom is -0.497 e. The Morgan fingerprint density at radius 1 is 1.12 bits per heavy atom. The predicted octanol–water partition coefficient (Wildman–Crippen LogP) is 5.37. The van der Waals surface area contributed by atoms with Crippen molar-refractivity contribution in [2.45, 2.75) is 13.5 Å². The summed E-state index contributed by atoms with van der Waals surface area (Å²) in [6.07, 6.45) is 0. The first-order chi connectivity index (χ1) is 16.0. The molecule has 0 aliphatic heterocycles. The van der Waals surface area contributed by atoms with E-state index in [1.807, 2.05) is 37.3 Å². The van der Waals surface area contributed by atoms with Crippen LogP contribution >= 0.6 is 0 Å². The van der Waals surface area contributed by atoms with Gasteiger partial charge in [0.1, 0.15) is 11.8 Å². The molecule has 4 rings (SSSR count). The molecule has 1 aromatic heterocycles. The summed E-state index contributed by atoms with van der Waals surface area (Å²) in [5, 5.41) is 24.2. The Bertz CT molecular complexity index is 1400. The number of nitrogens with one attached hydrogen (secondary N) is 1. The zero-order chi connectivity index (χ0) is 23.5. The third-order valence-corrected chi connectivity index (χ3v) is 5.46. The Morgan fingerprint density at radius 2 is 1.82 bits per heavy atom. The van der Waals surface area contributed by atoms with Crippen LogP contribution in [0.2, 0.25) is 0 Å². The summed E-state index contributed by atoms with van der Waals surface area (Å²) >= 11 is 0. The number of non-ortho nitro benzene ring substituents is 1. The second-order valence-corrected chi connectivity index (χ2v) is 7.30. The molecule has 3 aromatic carbocycles. The summed E-state index contributed by atoms with van der Waals surface area (Å²) in [5.74, 6) is 0.376. The maximum absolute atomic E-state index is 12.6. The van der Waals surface area contributed by atoms with Crippen molar-refractivity contribution in [1.82, 2.24) is 4.57 Å². The quantitative estimate of drug-likeness (QED) is 0.320. The van der Waals surface area contributed by atoms with Crippen LogP contribution in [0.3, 0.4) is 0 Å². The van der Waals surface area contributed by atoms with E-state index >= 15 is 0 Å². The average Bonchev–Trinajstić information content (AvgIpc) is 3.16. The number of nitriles is 1. The van der Waals surface area contributed by atoms with E-state index in [1.165, 1.54) is 24.3 Å². The molecule has 0 saturated heterocycles. The van der Waals surface area contributed by atoms with E-state index in [4.69, 9.17) is 4.74 Å². The van der Waals surface area contributed by atoms with Crippen molar-refractivity contribution in [1.29, 1.82) is 5.26 Å². The van der Waals surface area contributed by atoms with Gasteiger partial charge in [0.25, 0.3) is 11.6 Å². The number of amides is 1. The van der Waals surface area contributed by atoms with Crippen LogP contribution in [0.5, 0.6) is 5.75 Å². The number of anilines is 1. The van der Waals surface area contributed by atoms with Gasteiger partial charge in [-0.1, -0.05) is 12.1 Å². The van der Waals surface area contributed by atoms with Crippen molar-refractivity contribution in [3.8, 4) is 23.1 Å². The van der Waals surface area contributed by atoms with Crippen molar-refractivity contribution in [2.75, 3.05) is 12.4 Å². The second-order valence-electron chi connectivity index (χ2n) is 7.30. The number of nitro groups is 1. The number of hydrogen-bond donors (Lipinski definition) is 1. The zero-order valence-electron chi connectivity index (χ0n) is 18.0. The number of carbonyl (C=O) groups excluding carboxylic acids is 1. The van der Waals surface area contributed by atoms with Crippen LogP contribution in [-0.4, -0.2) is 22.5 Å². The summed E-state index contributed by atoms with van der Waals surface area (Å²) in [4.78, 5) is 22.9. The first kappa shape index (κ1) is 21.6. The van der Waals surface area contributed by atoms with Crippen LogP contribution in [0.15, 0.2) is 66.7 Å². The maximum Gasteiger partial charge on any atom is 0.269 e. The number of fused-ring (bicyclic) bond motifs is 1. The lowest BCUT2D eigenvalue weighted by atomic mass is 10.0. The molecule has 164 valence electrons. The summed E-state index contributed by atoms with van der Waals surface area (Å²) in [6, 6.07) is 20.6. The normalized spacial score (nSPS) is 10.6. The number of carbonyl (C=O) groups is 1. The molecule has 0 bridgehead atoms. The van der Waals surface area contributed by atoms with Crippen molar-refractivity contribution in [3.63, 3.8) is 0 Å². The van der Waals surface area contributed by atoms with Crippen LogP contribution in [0.4, 0.5) is 11.4 Å². The topological polar surface area (TPSA) is 110 Å². The first-order valence-electron chi connectivity index (χ1n) is 10.2. The molecule has 0 radical (unpaired) electrons. The van der Waals surface area contributed by atoms with Gasteiger partial charge >= 0.3 is 0 Å². The third kappa shape index (κ3) is 4.00. The smallest absolute Gasteiger partial charge is 0.269 e. The van der Waals surface area contributed by atoms with Crippen LogP contribution in [0.25, 0.3) is 22.2 Å². The molecule has 0 spiro atoms. The van der Waals surface area contributed by atoms with E-state index in [1.54, 1.807) is 19.2 Å². The van der Waals surface area contributed by atoms with Gasteiger partial charge in [-0.3, -0.25) is 14.9 Å². The molecular weight excluding hydrogens is 420 g/mol. The Labute approximate surface area is 189 Å². The fraction of sp³-hybridized carbons (Fsp3) is 0.120. The SMILES string of the molecule is CCn1c(-c2ccc(C(=O)Nc3ccc([N+](=O)[O-])cc3)cc2)c(C#N)c2ccc(OC)cc21. The van der Waals surface area contributed by atoms with E-state index in [2.05, 4.69) is 16.0 Å². The highest BCUT2D eigenvalue weighted by atomic mass is 16.6. The number of aromatic nitrogens is 1. The highest BCUT2D eigenvalue weighted by Gasteiger charge is 2.19. The molecule has 1 N–H and O–H groups in total. The molecule has 0 aliphatic carbocycles. The second kappa shape index (κ2) is 8.85. The minimum atomic E-state index is -0.495. The number of benzene rings is 3. The van der Waals surface area contributed by atoms with E-state index < -0.39 is 4.92 Å². The van der Waals surface area contributed by atoms with Gasteiger partial charge in [-0.05, 0) is 48.9 Å². The molecule has 0 aliphatic rings. The van der Waals surface area contributed by atoms with Gasteiger partial charge in [0, 0.05) is 41.4 Å². The molecule has 1 heterocycles. The highest BCUT2D eigenvalue weighted by molar-refractivity contribution is 6.04. The summed E-state index contributed by atoms with van der Waals surface area (Å²) in [5.41, 5.74) is 3.91. The van der Waals surface area contributed by atoms with Gasteiger partial charge < -0.3 is 14.6 Å². The first-order valence-corrected chi connectivity index (χ1v) is 10.2. The fourth-order valence-corrected chi connectivity index (χ4v) is 3.85. The lowest BCUT2D eigenvalue weighted by molar-refractivity contribution is -0.384. The van der Waals surface area contributed by atoms with Crippen LogP contribution in [0.1, 0.15) is 22.8 Å². The van der Waals surface area contributed by atoms with E-state index in [0.717, 1.165) is 22.2 Å². The number of ether oxygens (including phenoxy) is 1. The van der Waals surface area contributed by atoms with Crippen LogP contribution < -0.4 is 10.1 Å². The lowest BCUT2D eigenvalue weighted by Gasteiger charge is -2.10. The average molecular weight is 440 g/mol. The number of nitro benzene ring substituents is 1. The molecule has 33 heavy (non-hydrogen) atoms. The molecule has 8 nitrogen and oxygen atoms in total. The summed E-state index contributed by atoms with van der Waals surface area (Å²) in [7, 11) is 1.60. The Balaban J connectivity index is 1.66. The molecular formula is C25H20N4O4. The molecule has 4 aromatic rings. The van der Waals surface area contributed by atoms with Crippen molar-refractivity contribution >= 4 is 28.2 Å². The summed E-state index contributed by atoms with van der Waals surface area (Å²) in [6.45, 7) is 2.67. The zero-order valence-corrected chi connectivity index (χ0v) is 18.0. The molecule has 0 atom stereocenters. The Morgan fingerprint density at radius 3 is 2.39 bits per heavy atom. The van der Waals surface area contributed by atoms with Crippen molar-refractivity contribution < 1.29 is 14.5 Å². The summed E-state index contributed by atoms with van der Waals surface area (Å²) < 4.78 is 7.40. The van der Waals surface area contributed by atoms with Gasteiger partial charge in [-0.15, -0.1) is 0 Å². The Kier molecular flexibility index (Phi) is 5.79. The monoisotopic (exact) mass is 440 g/mol. The standard InChI is InChI=1S/C25H20N4O4/c1-3-28-23-14-20(33-2)12-13-21(23)22(15-26)24(28)16-4-6-17(7-5-16)25(30)27-18-8-10-19(11-9-18)29(31)32/h4-14H,3H2,1-2H3,(H,27,30). The number of methoxy groups -OCH3 is 1. The van der Waals surface area contributed by atoms with E-state index in [-0.39, 0.29) is 11.6 Å². The molecule has 0 unspecified atom stereocenters. The number of nitrogens with zero attached hydrogens (tertiary/aromatic N) is 3. The number of aryl methyl sites for hydroxylation is 1. The van der Waals surface area contributed by atoms with Gasteiger partial charge in [-0.2, -0.15) is 5.26 Å². The van der Waals surface area contributed by atoms with E-state index in [0.29, 0.717) is 29.1 Å². The van der Waals surface area contributed by atoms with Crippen LogP contribution in [0, 0.1) is 21.4 Å². The molecule has 0 fully saturated rings. The maximum atomic E-state index is 12.6. The van der Waals surface area contributed by atoms with Gasteiger partial charge in [0.2, 0.25) is 0 Å². The van der Waals surface area contributed by atoms with E-state index in [9.17, 15) is 20.2 Å². The van der Waals surface area contributed by atoms with Gasteiger partial charge in [-0.25, -0.2) is 0 Å². The molecule has 1 amide bonds. The fourth-order valence-electron chi connectivity index (χ4n) is 3.85. The van der Waals surface area contributed by atoms with Gasteiger partial charge in [0.05, 0.1) is 28.8 Å². The largest absolute Gasteiger partial charge is 0.497 e. The highest BCUT2D eigenvalue weighted by Crippen LogP contribution is 2.35. The van der Waals surface area contributed by atoms with Crippen molar-refractivity contribution in [2.24, 2.45) is 0 Å². The van der Waals surface area contributed by atoms with Crippen LogP contribution in [-0.2, 0) is 6.54 Å². The number of rotatable bonds is 6. The van der Waals surface area contributed by atoms with Crippen molar-refractivity contribution in [3.05, 3.63) is 88.0 Å². The van der Waals surface area contributed by atoms with Gasteiger partial charge in [0.15, 0.2) is 0 Å². The predicted molar refractivity (Wildman–Crippen MR) is 125 cm³/mol. The molecule has 8 heteroatoms. The number of hydrogen-bond acceptors (Lipinski definition) is 5. The molecule has 0 saturated carbocycles.